The van der Waals surface area contributed by atoms with Crippen LogP contribution in [0.3, 0.4) is 0 Å². The van der Waals surface area contributed by atoms with Crippen LogP contribution in [-0.2, 0) is 0 Å². The fraction of sp³-hybridized carbons (Fsp3) is 0.350. The van der Waals surface area contributed by atoms with Crippen molar-refractivity contribution in [1.82, 2.24) is 0 Å². The first-order valence-electron chi connectivity index (χ1n) is 8.76. The monoisotopic (exact) mass is 462 g/mol. The number of aliphatic imine (C=N–C) groups is 1. The molecule has 2 heterocycles. The number of anilines is 1. The standard InChI is InChI=1S/C20H20BrClN4S/c1-10-11(2)27-18-16(10)17(13-4-6-15(22)7-5-13)25-20(8-14(20)9-21)19(24)26(18)12(3)23/h4-7,14,23-24H,8-9H2,1-3H3/t14?,20-/m0/s1. The van der Waals surface area contributed by atoms with Crippen molar-refractivity contribution in [3.05, 3.63) is 50.9 Å². The number of fused-ring (bicyclic) bond motifs is 1. The Morgan fingerprint density at radius 1 is 1.37 bits per heavy atom. The first kappa shape index (κ1) is 18.8. The van der Waals surface area contributed by atoms with E-state index in [0.29, 0.717) is 16.7 Å². The highest BCUT2D eigenvalue weighted by Gasteiger charge is 2.60. The van der Waals surface area contributed by atoms with Crippen molar-refractivity contribution in [3.63, 3.8) is 0 Å². The van der Waals surface area contributed by atoms with Gasteiger partial charge in [-0.05, 0) is 44.9 Å². The van der Waals surface area contributed by atoms with Gasteiger partial charge in [0.2, 0.25) is 0 Å². The van der Waals surface area contributed by atoms with Gasteiger partial charge in [-0.1, -0.05) is 39.7 Å². The third kappa shape index (κ3) is 2.80. The number of rotatable bonds is 2. The van der Waals surface area contributed by atoms with Gasteiger partial charge in [0.05, 0.1) is 5.71 Å². The molecule has 7 heteroatoms. The number of hydrogen-bond acceptors (Lipinski definition) is 4. The molecule has 0 radical (unpaired) electrons. The number of hydrogen-bond donors (Lipinski definition) is 2. The van der Waals surface area contributed by atoms with Crippen LogP contribution >= 0.6 is 38.9 Å². The van der Waals surface area contributed by atoms with Crippen molar-refractivity contribution in [2.45, 2.75) is 32.7 Å². The van der Waals surface area contributed by atoms with Crippen LogP contribution in [0, 0.1) is 30.6 Å². The molecule has 1 spiro atoms. The van der Waals surface area contributed by atoms with Crippen molar-refractivity contribution in [2.24, 2.45) is 10.9 Å². The molecule has 0 bridgehead atoms. The number of amidine groups is 2. The average Bonchev–Trinajstić information content (AvgIpc) is 3.29. The average molecular weight is 464 g/mol. The SMILES string of the molecule is CC(=N)N1C(=N)[C@@]2(CC2CBr)N=C(c2ccc(Cl)cc2)c2c1sc(C)c2C. The van der Waals surface area contributed by atoms with E-state index >= 15 is 0 Å². The van der Waals surface area contributed by atoms with Gasteiger partial charge in [-0.2, -0.15) is 0 Å². The van der Waals surface area contributed by atoms with Crippen LogP contribution in [0.2, 0.25) is 5.02 Å². The van der Waals surface area contributed by atoms with Crippen LogP contribution < -0.4 is 4.90 Å². The van der Waals surface area contributed by atoms with E-state index in [4.69, 9.17) is 27.4 Å². The van der Waals surface area contributed by atoms with E-state index in [9.17, 15) is 0 Å². The van der Waals surface area contributed by atoms with Gasteiger partial charge in [0.15, 0.2) is 0 Å². The Balaban J connectivity index is 2.02. The van der Waals surface area contributed by atoms with Gasteiger partial charge < -0.3 is 0 Å². The van der Waals surface area contributed by atoms with Crippen molar-refractivity contribution in [1.29, 1.82) is 10.8 Å². The molecule has 1 aromatic heterocycles. The summed E-state index contributed by atoms with van der Waals surface area (Å²) in [5.41, 5.74) is 3.53. The molecule has 1 aromatic carbocycles. The number of benzene rings is 1. The number of nitrogens with one attached hydrogen (secondary N) is 2. The fourth-order valence-electron chi connectivity index (χ4n) is 3.71. The summed E-state index contributed by atoms with van der Waals surface area (Å²) in [4.78, 5) is 8.16. The van der Waals surface area contributed by atoms with E-state index < -0.39 is 5.54 Å². The third-order valence-corrected chi connectivity index (χ3v) is 7.69. The summed E-state index contributed by atoms with van der Waals surface area (Å²) in [6, 6.07) is 7.75. The Bertz CT molecular complexity index is 994. The predicted octanol–water partition coefficient (Wildman–Crippen LogP) is 5.80. The fourth-order valence-corrected chi connectivity index (χ4v) is 5.82. The summed E-state index contributed by atoms with van der Waals surface area (Å²) in [5.74, 6) is 1.03. The molecular weight excluding hydrogens is 444 g/mol. The lowest BCUT2D eigenvalue weighted by Gasteiger charge is -2.25. The van der Waals surface area contributed by atoms with Crippen LogP contribution in [0.4, 0.5) is 5.00 Å². The Morgan fingerprint density at radius 3 is 2.59 bits per heavy atom. The molecule has 2 atom stereocenters. The smallest absolute Gasteiger partial charge is 0.135 e. The molecule has 4 rings (SSSR count). The zero-order chi connectivity index (χ0) is 19.5. The molecule has 1 saturated carbocycles. The largest absolute Gasteiger partial charge is 0.288 e. The lowest BCUT2D eigenvalue weighted by molar-refractivity contribution is 0.798. The molecule has 2 N–H and O–H groups in total. The predicted molar refractivity (Wildman–Crippen MR) is 119 cm³/mol. The number of halogens is 2. The van der Waals surface area contributed by atoms with Crippen LogP contribution in [0.25, 0.3) is 0 Å². The Morgan fingerprint density at radius 2 is 2.04 bits per heavy atom. The van der Waals surface area contributed by atoms with Gasteiger partial charge in [-0.25, -0.2) is 0 Å². The molecule has 0 saturated heterocycles. The normalized spacial score (nSPS) is 23.9. The summed E-state index contributed by atoms with van der Waals surface area (Å²) in [5, 5.41) is 19.7. The Labute approximate surface area is 176 Å². The summed E-state index contributed by atoms with van der Waals surface area (Å²) >= 11 is 11.3. The molecular formula is C20H20BrClN4S. The summed E-state index contributed by atoms with van der Waals surface area (Å²) in [6.45, 7) is 5.93. The third-order valence-electron chi connectivity index (χ3n) is 5.46. The van der Waals surface area contributed by atoms with Crippen molar-refractivity contribution >= 4 is 61.3 Å². The first-order chi connectivity index (χ1) is 12.8. The summed E-state index contributed by atoms with van der Waals surface area (Å²) in [7, 11) is 0. The molecule has 0 amide bonds. The number of nitrogens with zero attached hydrogens (tertiary/aromatic N) is 2. The van der Waals surface area contributed by atoms with Gasteiger partial charge in [0.1, 0.15) is 22.2 Å². The van der Waals surface area contributed by atoms with Crippen LogP contribution in [0.1, 0.15) is 34.9 Å². The highest BCUT2D eigenvalue weighted by Crippen LogP contribution is 2.54. The second kappa shape index (κ2) is 6.54. The molecule has 1 unspecified atom stereocenters. The molecule has 2 aliphatic rings. The molecule has 4 nitrogen and oxygen atoms in total. The van der Waals surface area contributed by atoms with Crippen molar-refractivity contribution in [3.8, 4) is 0 Å². The minimum absolute atomic E-state index is 0.268. The topological polar surface area (TPSA) is 63.3 Å². The molecule has 1 aliphatic heterocycles. The van der Waals surface area contributed by atoms with E-state index in [1.54, 1.807) is 23.2 Å². The van der Waals surface area contributed by atoms with E-state index in [1.807, 2.05) is 24.3 Å². The molecule has 1 aliphatic carbocycles. The number of thiophene rings is 1. The Hall–Kier alpha value is -1.50. The number of aryl methyl sites for hydroxylation is 1. The van der Waals surface area contributed by atoms with E-state index in [1.165, 1.54) is 4.88 Å². The maximum atomic E-state index is 8.96. The second-order valence-corrected chi connectivity index (χ2v) is 9.47. The van der Waals surface area contributed by atoms with Crippen molar-refractivity contribution in [2.75, 3.05) is 10.2 Å². The van der Waals surface area contributed by atoms with Crippen LogP contribution in [0.5, 0.6) is 0 Å². The highest BCUT2D eigenvalue weighted by atomic mass is 79.9. The first-order valence-corrected chi connectivity index (χ1v) is 11.1. The molecule has 140 valence electrons. The Kier molecular flexibility index (Phi) is 4.56. The number of alkyl halides is 1. The van der Waals surface area contributed by atoms with Crippen LogP contribution in [0.15, 0.2) is 29.3 Å². The van der Waals surface area contributed by atoms with Gasteiger partial charge in [0, 0.05) is 32.3 Å². The second-order valence-electron chi connectivity index (χ2n) is 7.18. The van der Waals surface area contributed by atoms with E-state index in [2.05, 4.69) is 29.8 Å². The molecule has 1 fully saturated rings. The van der Waals surface area contributed by atoms with Gasteiger partial charge in [-0.15, -0.1) is 11.3 Å². The zero-order valence-corrected chi connectivity index (χ0v) is 18.5. The van der Waals surface area contributed by atoms with Crippen LogP contribution in [-0.4, -0.2) is 28.3 Å². The van der Waals surface area contributed by atoms with Gasteiger partial charge in [-0.3, -0.25) is 20.7 Å². The van der Waals surface area contributed by atoms with Gasteiger partial charge >= 0.3 is 0 Å². The van der Waals surface area contributed by atoms with Gasteiger partial charge in [0.25, 0.3) is 0 Å². The highest BCUT2D eigenvalue weighted by molar-refractivity contribution is 9.09. The zero-order valence-electron chi connectivity index (χ0n) is 15.4. The maximum absolute atomic E-state index is 8.96. The lowest BCUT2D eigenvalue weighted by atomic mass is 9.99. The van der Waals surface area contributed by atoms with E-state index in [0.717, 1.165) is 39.2 Å². The van der Waals surface area contributed by atoms with E-state index in [-0.39, 0.29) is 5.92 Å². The quantitative estimate of drug-likeness (QED) is 0.330. The minimum Gasteiger partial charge on any atom is -0.288 e. The lowest BCUT2D eigenvalue weighted by Crippen LogP contribution is -2.42. The maximum Gasteiger partial charge on any atom is 0.135 e. The summed E-state index contributed by atoms with van der Waals surface area (Å²) in [6.07, 6.45) is 0.824. The molecule has 27 heavy (non-hydrogen) atoms. The minimum atomic E-state index is -0.570. The van der Waals surface area contributed by atoms with Crippen molar-refractivity contribution < 1.29 is 0 Å². The summed E-state index contributed by atoms with van der Waals surface area (Å²) < 4.78 is 0. The molecule has 2 aromatic rings.